The van der Waals surface area contributed by atoms with Gasteiger partial charge >= 0.3 is 0 Å². The molecule has 0 aliphatic rings. The van der Waals surface area contributed by atoms with E-state index in [1.807, 2.05) is 30.3 Å². The highest BCUT2D eigenvalue weighted by atomic mass is 16.4. The Hall–Kier alpha value is -2.11. The van der Waals surface area contributed by atoms with Crippen LogP contribution in [0.15, 0.2) is 47.1 Å². The van der Waals surface area contributed by atoms with Crippen LogP contribution in [0.1, 0.15) is 48.1 Å². The minimum Gasteiger partial charge on any atom is -0.466 e. The van der Waals surface area contributed by atoms with Gasteiger partial charge in [0.1, 0.15) is 11.9 Å². The van der Waals surface area contributed by atoms with Crippen LogP contribution < -0.4 is 11.1 Å². The Kier molecular flexibility index (Phi) is 6.58. The molecule has 130 valence electrons. The van der Waals surface area contributed by atoms with E-state index in [2.05, 4.69) is 19.2 Å². The highest BCUT2D eigenvalue weighted by Crippen LogP contribution is 2.23. The molecule has 0 saturated carbocycles. The summed E-state index contributed by atoms with van der Waals surface area (Å²) < 4.78 is 5.34. The first-order chi connectivity index (χ1) is 11.5. The number of nitrogens with two attached hydrogens (primary N) is 1. The normalized spacial score (nSPS) is 13.7. The summed E-state index contributed by atoms with van der Waals surface area (Å²) in [6, 6.07) is 10.7. The van der Waals surface area contributed by atoms with E-state index >= 15 is 0 Å². The molecule has 0 aliphatic carbocycles. The Morgan fingerprint density at radius 2 is 1.96 bits per heavy atom. The second-order valence-corrected chi connectivity index (χ2v) is 6.44. The summed E-state index contributed by atoms with van der Waals surface area (Å²) in [7, 11) is 0. The van der Waals surface area contributed by atoms with E-state index in [0.29, 0.717) is 24.4 Å². The molecular formula is C19H26N2O3. The maximum atomic E-state index is 12.3. The van der Waals surface area contributed by atoms with Crippen LogP contribution in [0, 0.1) is 5.92 Å². The van der Waals surface area contributed by atoms with E-state index in [1.165, 1.54) is 6.26 Å². The number of aliphatic hydroxyl groups excluding tert-OH is 1. The molecule has 0 fully saturated rings. The molecule has 0 aliphatic heterocycles. The predicted molar refractivity (Wildman–Crippen MR) is 93.6 cm³/mol. The molecule has 0 unspecified atom stereocenters. The van der Waals surface area contributed by atoms with Gasteiger partial charge in [0, 0.05) is 12.6 Å². The number of benzene rings is 1. The molecule has 0 spiro atoms. The highest BCUT2D eigenvalue weighted by Gasteiger charge is 2.26. The third kappa shape index (κ3) is 4.94. The lowest BCUT2D eigenvalue weighted by Crippen LogP contribution is -2.32. The summed E-state index contributed by atoms with van der Waals surface area (Å²) in [6.45, 7) is 4.79. The fourth-order valence-corrected chi connectivity index (χ4v) is 2.50. The molecule has 4 N–H and O–H groups in total. The third-order valence-electron chi connectivity index (χ3n) is 3.94. The van der Waals surface area contributed by atoms with E-state index in [4.69, 9.17) is 10.2 Å². The molecule has 24 heavy (non-hydrogen) atoms. The zero-order chi connectivity index (χ0) is 17.5. The molecule has 5 nitrogen and oxygen atoms in total. The number of carbonyl (C=O) groups is 1. The summed E-state index contributed by atoms with van der Waals surface area (Å²) in [5.41, 5.74) is 7.48. The first-order valence-electron chi connectivity index (χ1n) is 8.32. The van der Waals surface area contributed by atoms with Crippen LogP contribution in [0.2, 0.25) is 0 Å². The zero-order valence-corrected chi connectivity index (χ0v) is 14.2. The maximum absolute atomic E-state index is 12.3. The number of aliphatic hydroxyl groups is 1. The second-order valence-electron chi connectivity index (χ2n) is 6.44. The average Bonchev–Trinajstić information content (AvgIpc) is 3.04. The van der Waals surface area contributed by atoms with E-state index < -0.39 is 12.1 Å². The number of amides is 1. The topological polar surface area (TPSA) is 88.5 Å². The summed E-state index contributed by atoms with van der Waals surface area (Å²) in [4.78, 5) is 12.3. The smallest absolute Gasteiger partial charge is 0.254 e. The van der Waals surface area contributed by atoms with Gasteiger partial charge in [-0.1, -0.05) is 44.2 Å². The van der Waals surface area contributed by atoms with Crippen LogP contribution in [0.25, 0.3) is 0 Å². The third-order valence-corrected chi connectivity index (χ3v) is 3.94. The minimum atomic E-state index is -1.04. The lowest BCUT2D eigenvalue weighted by Gasteiger charge is -2.18. The van der Waals surface area contributed by atoms with Crippen LogP contribution in [0.3, 0.4) is 0 Å². The molecule has 5 heteroatoms. The van der Waals surface area contributed by atoms with Crippen molar-refractivity contribution < 1.29 is 14.3 Å². The van der Waals surface area contributed by atoms with Crippen LogP contribution in [0.5, 0.6) is 0 Å². The SMILES string of the molecule is CC(C)CCNC(=O)c1ccoc1[C@H](O)[C@@H](N)Cc1ccccc1. The van der Waals surface area contributed by atoms with Gasteiger partial charge < -0.3 is 20.6 Å². The number of carbonyl (C=O) groups excluding carboxylic acids is 1. The van der Waals surface area contributed by atoms with E-state index in [-0.39, 0.29) is 11.7 Å². The van der Waals surface area contributed by atoms with Crippen molar-refractivity contribution in [2.75, 3.05) is 6.54 Å². The van der Waals surface area contributed by atoms with Gasteiger partial charge in [0.25, 0.3) is 5.91 Å². The molecule has 2 rings (SSSR count). The molecule has 1 heterocycles. The van der Waals surface area contributed by atoms with Crippen LogP contribution in [-0.4, -0.2) is 23.6 Å². The Balaban J connectivity index is 2.01. The lowest BCUT2D eigenvalue weighted by atomic mass is 9.98. The van der Waals surface area contributed by atoms with Crippen LogP contribution in [-0.2, 0) is 6.42 Å². The molecule has 0 bridgehead atoms. The zero-order valence-electron chi connectivity index (χ0n) is 14.2. The summed E-state index contributed by atoms with van der Waals surface area (Å²) in [5.74, 6) is 0.491. The maximum Gasteiger partial charge on any atom is 0.254 e. The summed E-state index contributed by atoms with van der Waals surface area (Å²) in [6.07, 6.45) is 1.77. The number of hydrogen-bond acceptors (Lipinski definition) is 4. The predicted octanol–water partition coefficient (Wildman–Crippen LogP) is 2.66. The van der Waals surface area contributed by atoms with Crippen molar-refractivity contribution in [1.29, 1.82) is 0 Å². The van der Waals surface area contributed by atoms with E-state index in [1.54, 1.807) is 6.07 Å². The van der Waals surface area contributed by atoms with E-state index in [0.717, 1.165) is 12.0 Å². The van der Waals surface area contributed by atoms with Crippen LogP contribution >= 0.6 is 0 Å². The minimum absolute atomic E-state index is 0.223. The van der Waals surface area contributed by atoms with E-state index in [9.17, 15) is 9.90 Å². The van der Waals surface area contributed by atoms with Crippen molar-refractivity contribution >= 4 is 5.91 Å². The number of nitrogens with one attached hydrogen (secondary N) is 1. The number of hydrogen-bond donors (Lipinski definition) is 3. The fraction of sp³-hybridized carbons (Fsp3) is 0.421. The Bertz CT molecular complexity index is 637. The standard InChI is InChI=1S/C19H26N2O3/c1-13(2)8-10-21-19(23)15-9-11-24-18(15)17(22)16(20)12-14-6-4-3-5-7-14/h3-7,9,11,13,16-17,22H,8,10,12,20H2,1-2H3,(H,21,23)/t16-,17+/m0/s1. The van der Waals surface area contributed by atoms with Gasteiger partial charge in [0.2, 0.25) is 0 Å². The lowest BCUT2D eigenvalue weighted by molar-refractivity contribution is 0.0923. The van der Waals surface area contributed by atoms with Gasteiger partial charge in [-0.25, -0.2) is 0 Å². The molecule has 1 amide bonds. The molecule has 0 radical (unpaired) electrons. The van der Waals surface area contributed by atoms with Crippen molar-refractivity contribution in [2.24, 2.45) is 11.7 Å². The molecular weight excluding hydrogens is 304 g/mol. The highest BCUT2D eigenvalue weighted by molar-refractivity contribution is 5.95. The molecule has 2 aromatic rings. The van der Waals surface area contributed by atoms with Crippen LogP contribution in [0.4, 0.5) is 0 Å². The van der Waals surface area contributed by atoms with Crippen molar-refractivity contribution in [3.8, 4) is 0 Å². The number of rotatable bonds is 8. The van der Waals surface area contributed by atoms with Gasteiger partial charge in [-0.2, -0.15) is 0 Å². The second kappa shape index (κ2) is 8.66. The van der Waals surface area contributed by atoms with Gasteiger partial charge in [-0.15, -0.1) is 0 Å². The van der Waals surface area contributed by atoms with Gasteiger partial charge in [0.15, 0.2) is 0 Å². The first-order valence-corrected chi connectivity index (χ1v) is 8.32. The Labute approximate surface area is 142 Å². The molecule has 2 atom stereocenters. The Morgan fingerprint density at radius 1 is 1.25 bits per heavy atom. The fourth-order valence-electron chi connectivity index (χ4n) is 2.50. The van der Waals surface area contributed by atoms with Crippen molar-refractivity contribution in [2.45, 2.75) is 38.8 Å². The van der Waals surface area contributed by atoms with Crippen molar-refractivity contribution in [1.82, 2.24) is 5.32 Å². The average molecular weight is 330 g/mol. The monoisotopic (exact) mass is 330 g/mol. The quantitative estimate of drug-likeness (QED) is 0.694. The van der Waals surface area contributed by atoms with Crippen molar-refractivity contribution in [3.05, 3.63) is 59.5 Å². The first kappa shape index (κ1) is 18.2. The Morgan fingerprint density at radius 3 is 2.62 bits per heavy atom. The largest absolute Gasteiger partial charge is 0.466 e. The van der Waals surface area contributed by atoms with Gasteiger partial charge in [-0.3, -0.25) is 4.79 Å². The molecule has 0 saturated heterocycles. The number of furan rings is 1. The summed E-state index contributed by atoms with van der Waals surface area (Å²) >= 11 is 0. The van der Waals surface area contributed by atoms with Gasteiger partial charge in [-0.05, 0) is 30.4 Å². The molecule has 1 aromatic heterocycles. The van der Waals surface area contributed by atoms with Gasteiger partial charge in [0.05, 0.1) is 11.8 Å². The summed E-state index contributed by atoms with van der Waals surface area (Å²) in [5, 5.41) is 13.3. The molecule has 1 aromatic carbocycles. The van der Waals surface area contributed by atoms with Crippen molar-refractivity contribution in [3.63, 3.8) is 0 Å².